The molecule has 1 unspecified atom stereocenters. The zero-order valence-corrected chi connectivity index (χ0v) is 10.5. The molecule has 1 atom stereocenters. The smallest absolute Gasteiger partial charge is 0.127 e. The number of nitrogen functional groups attached to an aromatic ring is 1. The second-order valence-electron chi connectivity index (χ2n) is 4.97. The van der Waals surface area contributed by atoms with Gasteiger partial charge in [0.25, 0.3) is 0 Å². The van der Waals surface area contributed by atoms with Crippen molar-refractivity contribution in [1.29, 1.82) is 0 Å². The molecule has 0 aliphatic carbocycles. The van der Waals surface area contributed by atoms with Crippen LogP contribution in [-0.2, 0) is 0 Å². The zero-order valence-electron chi connectivity index (χ0n) is 10.5. The van der Waals surface area contributed by atoms with E-state index in [4.69, 9.17) is 5.73 Å². The summed E-state index contributed by atoms with van der Waals surface area (Å²) in [6.45, 7) is 6.93. The molecule has 1 aliphatic rings. The minimum Gasteiger partial charge on any atom is -0.399 e. The topological polar surface area (TPSA) is 54.2 Å². The van der Waals surface area contributed by atoms with Crippen LogP contribution in [0.3, 0.4) is 0 Å². The van der Waals surface area contributed by atoms with Crippen LogP contribution in [-0.4, -0.2) is 36.1 Å². The van der Waals surface area contributed by atoms with Crippen LogP contribution in [0.5, 0.6) is 0 Å². The molecule has 17 heavy (non-hydrogen) atoms. The first-order valence-corrected chi connectivity index (χ1v) is 6.42. The molecule has 94 valence electrons. The monoisotopic (exact) mass is 234 g/mol. The highest BCUT2D eigenvalue weighted by Gasteiger charge is 2.14. The lowest BCUT2D eigenvalue weighted by Gasteiger charge is -2.20. The highest BCUT2D eigenvalue weighted by Crippen LogP contribution is 2.12. The van der Waals surface area contributed by atoms with Gasteiger partial charge in [0.05, 0.1) is 0 Å². The Morgan fingerprint density at radius 3 is 2.94 bits per heavy atom. The fourth-order valence-electron chi connectivity index (χ4n) is 2.29. The van der Waals surface area contributed by atoms with Gasteiger partial charge in [0.2, 0.25) is 0 Å². The van der Waals surface area contributed by atoms with Gasteiger partial charge in [-0.3, -0.25) is 0 Å². The second kappa shape index (κ2) is 5.87. The SMILES string of the molecule is CC(CNc1cc(N)ccn1)CN1CCCC1. The van der Waals surface area contributed by atoms with Crippen LogP contribution in [0.1, 0.15) is 19.8 Å². The molecule has 3 N–H and O–H groups in total. The molecule has 2 heterocycles. The number of hydrogen-bond donors (Lipinski definition) is 2. The van der Waals surface area contributed by atoms with Gasteiger partial charge in [-0.15, -0.1) is 0 Å². The minimum atomic E-state index is 0.635. The van der Waals surface area contributed by atoms with Crippen molar-refractivity contribution >= 4 is 11.5 Å². The van der Waals surface area contributed by atoms with E-state index in [1.54, 1.807) is 12.3 Å². The number of nitrogens with one attached hydrogen (secondary N) is 1. The predicted molar refractivity (Wildman–Crippen MR) is 72.0 cm³/mol. The van der Waals surface area contributed by atoms with E-state index in [0.29, 0.717) is 5.92 Å². The van der Waals surface area contributed by atoms with Crippen LogP contribution in [0.15, 0.2) is 18.3 Å². The van der Waals surface area contributed by atoms with Gasteiger partial charge in [0.1, 0.15) is 5.82 Å². The Labute approximate surface area is 103 Å². The standard InChI is InChI=1S/C13H22N4/c1-11(10-17-6-2-3-7-17)9-16-13-8-12(14)4-5-15-13/h4-5,8,11H,2-3,6-7,9-10H2,1H3,(H3,14,15,16). The summed E-state index contributed by atoms with van der Waals surface area (Å²) in [5.41, 5.74) is 6.47. The van der Waals surface area contributed by atoms with Gasteiger partial charge in [-0.2, -0.15) is 0 Å². The summed E-state index contributed by atoms with van der Waals surface area (Å²) in [7, 11) is 0. The quantitative estimate of drug-likeness (QED) is 0.816. The van der Waals surface area contributed by atoms with E-state index in [0.717, 1.165) is 18.1 Å². The largest absolute Gasteiger partial charge is 0.399 e. The molecule has 4 nitrogen and oxygen atoms in total. The van der Waals surface area contributed by atoms with Crippen molar-refractivity contribution in [2.45, 2.75) is 19.8 Å². The first-order chi connectivity index (χ1) is 8.24. The third kappa shape index (κ3) is 3.89. The van der Waals surface area contributed by atoms with Crippen molar-refractivity contribution in [1.82, 2.24) is 9.88 Å². The molecule has 0 bridgehead atoms. The fourth-order valence-corrected chi connectivity index (χ4v) is 2.29. The van der Waals surface area contributed by atoms with Gasteiger partial charge in [-0.25, -0.2) is 4.98 Å². The summed E-state index contributed by atoms with van der Waals surface area (Å²) >= 11 is 0. The predicted octanol–water partition coefficient (Wildman–Crippen LogP) is 1.81. The Bertz CT molecular complexity index is 347. The Morgan fingerprint density at radius 2 is 2.24 bits per heavy atom. The minimum absolute atomic E-state index is 0.635. The number of anilines is 2. The number of nitrogens with two attached hydrogens (primary N) is 1. The number of nitrogens with zero attached hydrogens (tertiary/aromatic N) is 2. The molecule has 2 rings (SSSR count). The van der Waals surface area contributed by atoms with E-state index < -0.39 is 0 Å². The third-order valence-corrected chi connectivity index (χ3v) is 3.18. The Hall–Kier alpha value is -1.29. The summed E-state index contributed by atoms with van der Waals surface area (Å²) in [5.74, 6) is 1.51. The average molecular weight is 234 g/mol. The molecule has 0 radical (unpaired) electrons. The van der Waals surface area contributed by atoms with E-state index in [-0.39, 0.29) is 0 Å². The van der Waals surface area contributed by atoms with E-state index >= 15 is 0 Å². The van der Waals surface area contributed by atoms with Gasteiger partial charge >= 0.3 is 0 Å². The first kappa shape index (κ1) is 12.2. The molecule has 4 heteroatoms. The molecule has 1 aliphatic heterocycles. The van der Waals surface area contributed by atoms with Gasteiger partial charge in [0.15, 0.2) is 0 Å². The van der Waals surface area contributed by atoms with E-state index in [9.17, 15) is 0 Å². The summed E-state index contributed by atoms with van der Waals surface area (Å²) in [6.07, 6.45) is 4.46. The van der Waals surface area contributed by atoms with Crippen molar-refractivity contribution in [2.75, 3.05) is 37.2 Å². The van der Waals surface area contributed by atoms with Crippen LogP contribution in [0.4, 0.5) is 11.5 Å². The van der Waals surface area contributed by atoms with Crippen molar-refractivity contribution in [3.8, 4) is 0 Å². The average Bonchev–Trinajstić information content (AvgIpc) is 2.79. The number of aromatic nitrogens is 1. The maximum absolute atomic E-state index is 5.71. The number of rotatable bonds is 5. The van der Waals surface area contributed by atoms with E-state index in [1.165, 1.54) is 32.5 Å². The number of hydrogen-bond acceptors (Lipinski definition) is 4. The Balaban J connectivity index is 1.73. The van der Waals surface area contributed by atoms with Crippen molar-refractivity contribution in [3.63, 3.8) is 0 Å². The molecule has 1 aromatic heterocycles. The Kier molecular flexibility index (Phi) is 4.20. The van der Waals surface area contributed by atoms with Gasteiger partial charge in [-0.05, 0) is 37.9 Å². The Morgan fingerprint density at radius 1 is 1.47 bits per heavy atom. The van der Waals surface area contributed by atoms with Gasteiger partial charge in [0, 0.05) is 31.0 Å². The molecule has 0 saturated carbocycles. The van der Waals surface area contributed by atoms with Crippen molar-refractivity contribution in [3.05, 3.63) is 18.3 Å². The lowest BCUT2D eigenvalue weighted by molar-refractivity contribution is 0.294. The molecule has 0 amide bonds. The number of likely N-dealkylation sites (tertiary alicyclic amines) is 1. The maximum atomic E-state index is 5.71. The van der Waals surface area contributed by atoms with Crippen LogP contribution in [0, 0.1) is 5.92 Å². The maximum Gasteiger partial charge on any atom is 0.127 e. The molecular weight excluding hydrogens is 212 g/mol. The van der Waals surface area contributed by atoms with Crippen LogP contribution in [0.2, 0.25) is 0 Å². The molecule has 1 aromatic rings. The van der Waals surface area contributed by atoms with Crippen LogP contribution in [0.25, 0.3) is 0 Å². The van der Waals surface area contributed by atoms with Crippen molar-refractivity contribution in [2.24, 2.45) is 5.92 Å². The fraction of sp³-hybridized carbons (Fsp3) is 0.615. The van der Waals surface area contributed by atoms with Gasteiger partial charge in [-0.1, -0.05) is 6.92 Å². The molecule has 1 fully saturated rings. The van der Waals surface area contributed by atoms with Crippen LogP contribution < -0.4 is 11.1 Å². The zero-order chi connectivity index (χ0) is 12.1. The van der Waals surface area contributed by atoms with E-state index in [2.05, 4.69) is 22.1 Å². The molecule has 0 spiro atoms. The normalized spacial score (nSPS) is 18.2. The van der Waals surface area contributed by atoms with Crippen molar-refractivity contribution < 1.29 is 0 Å². The summed E-state index contributed by atoms with van der Waals surface area (Å²) in [4.78, 5) is 6.78. The lowest BCUT2D eigenvalue weighted by Crippen LogP contribution is -2.29. The summed E-state index contributed by atoms with van der Waals surface area (Å²) in [5, 5.41) is 3.34. The molecular formula is C13H22N4. The van der Waals surface area contributed by atoms with E-state index in [1.807, 2.05) is 6.07 Å². The van der Waals surface area contributed by atoms with Crippen LogP contribution >= 0.6 is 0 Å². The lowest BCUT2D eigenvalue weighted by atomic mass is 10.1. The summed E-state index contributed by atoms with van der Waals surface area (Å²) < 4.78 is 0. The third-order valence-electron chi connectivity index (χ3n) is 3.18. The highest BCUT2D eigenvalue weighted by molar-refractivity contribution is 5.48. The highest BCUT2D eigenvalue weighted by atomic mass is 15.1. The molecule has 1 saturated heterocycles. The van der Waals surface area contributed by atoms with Gasteiger partial charge < -0.3 is 16.0 Å². The summed E-state index contributed by atoms with van der Waals surface area (Å²) in [6, 6.07) is 3.68. The second-order valence-corrected chi connectivity index (χ2v) is 4.97. The number of pyridine rings is 1. The molecule has 0 aromatic carbocycles. The first-order valence-electron chi connectivity index (χ1n) is 6.42.